The number of hydrogen-bond donors (Lipinski definition) is 1. The van der Waals surface area contributed by atoms with E-state index in [1.165, 1.54) is 12.1 Å². The molecule has 160 valence electrons. The van der Waals surface area contributed by atoms with Crippen LogP contribution in [-0.2, 0) is 6.54 Å². The summed E-state index contributed by atoms with van der Waals surface area (Å²) < 4.78 is 2.08. The fourth-order valence-corrected chi connectivity index (χ4v) is 3.47. The van der Waals surface area contributed by atoms with Gasteiger partial charge in [0.25, 0.3) is 5.69 Å². The minimum Gasteiger partial charge on any atom is -0.342 e. The van der Waals surface area contributed by atoms with Crippen molar-refractivity contribution in [2.75, 3.05) is 5.43 Å². The van der Waals surface area contributed by atoms with Gasteiger partial charge in [0.05, 0.1) is 22.1 Å². The van der Waals surface area contributed by atoms with E-state index in [2.05, 4.69) is 15.1 Å². The number of nitrogens with zero attached hydrogens (tertiary/aromatic N) is 4. The third-order valence-corrected chi connectivity index (χ3v) is 5.12. The topological polar surface area (TPSA) is 116 Å². The Morgan fingerprint density at radius 1 is 1.00 bits per heavy atom. The number of nitro benzene ring substituents is 2. The molecule has 10 heteroatoms. The van der Waals surface area contributed by atoms with Gasteiger partial charge >= 0.3 is 5.69 Å². The maximum absolute atomic E-state index is 11.3. The van der Waals surface area contributed by atoms with Crippen LogP contribution in [0.15, 0.2) is 78.0 Å². The molecule has 4 aromatic rings. The Morgan fingerprint density at radius 2 is 1.75 bits per heavy atom. The van der Waals surface area contributed by atoms with Gasteiger partial charge in [0.15, 0.2) is 0 Å². The average Bonchev–Trinajstić information content (AvgIpc) is 3.13. The normalized spacial score (nSPS) is 11.2. The lowest BCUT2D eigenvalue weighted by Gasteiger charge is -2.05. The second-order valence-electron chi connectivity index (χ2n) is 6.94. The second-order valence-corrected chi connectivity index (χ2v) is 7.38. The van der Waals surface area contributed by atoms with Crippen LogP contribution in [0, 0.1) is 20.2 Å². The number of nitrogens with one attached hydrogen (secondary N) is 1. The molecule has 0 radical (unpaired) electrons. The van der Waals surface area contributed by atoms with Gasteiger partial charge in [0.2, 0.25) is 0 Å². The molecule has 1 N–H and O–H groups in total. The Kier molecular flexibility index (Phi) is 5.82. The van der Waals surface area contributed by atoms with Crippen LogP contribution >= 0.6 is 11.6 Å². The fourth-order valence-electron chi connectivity index (χ4n) is 3.35. The van der Waals surface area contributed by atoms with E-state index in [0.717, 1.165) is 28.1 Å². The smallest absolute Gasteiger partial charge is 0.301 e. The fraction of sp³-hybridized carbons (Fsp3) is 0.0455. The summed E-state index contributed by atoms with van der Waals surface area (Å²) in [7, 11) is 0. The highest BCUT2D eigenvalue weighted by molar-refractivity contribution is 6.30. The quantitative estimate of drug-likeness (QED) is 0.224. The second kappa shape index (κ2) is 8.86. The van der Waals surface area contributed by atoms with E-state index in [9.17, 15) is 20.2 Å². The van der Waals surface area contributed by atoms with Crippen LogP contribution in [0.25, 0.3) is 10.9 Å². The predicted molar refractivity (Wildman–Crippen MR) is 123 cm³/mol. The van der Waals surface area contributed by atoms with Crippen molar-refractivity contribution in [1.82, 2.24) is 4.57 Å². The van der Waals surface area contributed by atoms with Crippen molar-refractivity contribution >= 4 is 45.8 Å². The molecule has 32 heavy (non-hydrogen) atoms. The van der Waals surface area contributed by atoms with Gasteiger partial charge in [0, 0.05) is 40.3 Å². The molecule has 4 rings (SSSR count). The minimum absolute atomic E-state index is 0.0572. The molecule has 3 aromatic carbocycles. The largest absolute Gasteiger partial charge is 0.342 e. The lowest BCUT2D eigenvalue weighted by Crippen LogP contribution is -1.99. The molecule has 0 bridgehead atoms. The molecule has 1 aromatic heterocycles. The first-order valence-corrected chi connectivity index (χ1v) is 9.84. The Bertz CT molecular complexity index is 1350. The molecule has 0 aliphatic heterocycles. The standard InChI is InChI=1S/C22H16ClN5O4/c23-17-7-5-15(6-8-17)13-26-14-16(19-3-1-2-4-21(19)26)12-24-25-20-10-9-18(27(29)30)11-22(20)28(31)32/h1-12,14,25H,13H2/b24-12+. The van der Waals surface area contributed by atoms with Crippen molar-refractivity contribution in [3.63, 3.8) is 0 Å². The van der Waals surface area contributed by atoms with E-state index in [1.54, 1.807) is 6.21 Å². The number of hydrogen-bond acceptors (Lipinski definition) is 6. The SMILES string of the molecule is O=[N+]([O-])c1ccc(N/N=C/c2cn(Cc3ccc(Cl)cc3)c3ccccc23)c([N+](=O)[O-])c1. The maximum Gasteiger partial charge on any atom is 0.301 e. The lowest BCUT2D eigenvalue weighted by atomic mass is 10.2. The van der Waals surface area contributed by atoms with Crippen molar-refractivity contribution in [1.29, 1.82) is 0 Å². The zero-order valence-electron chi connectivity index (χ0n) is 16.5. The molecule has 0 aliphatic carbocycles. The number of aromatic nitrogens is 1. The summed E-state index contributed by atoms with van der Waals surface area (Å²) in [5.41, 5.74) is 4.78. The van der Waals surface area contributed by atoms with Gasteiger partial charge in [-0.1, -0.05) is 41.9 Å². The van der Waals surface area contributed by atoms with Crippen LogP contribution in [0.4, 0.5) is 17.1 Å². The third-order valence-electron chi connectivity index (χ3n) is 4.86. The van der Waals surface area contributed by atoms with Crippen LogP contribution in [0.1, 0.15) is 11.1 Å². The number of benzene rings is 3. The summed E-state index contributed by atoms with van der Waals surface area (Å²) in [6.45, 7) is 0.632. The van der Waals surface area contributed by atoms with Crippen molar-refractivity contribution in [2.45, 2.75) is 6.54 Å². The molecule has 0 saturated heterocycles. The molecular weight excluding hydrogens is 434 g/mol. The predicted octanol–water partition coefficient (Wildman–Crippen LogP) is 5.61. The number of anilines is 1. The van der Waals surface area contributed by atoms with Crippen LogP contribution in [-0.4, -0.2) is 20.6 Å². The Labute approximate surface area is 186 Å². The summed E-state index contributed by atoms with van der Waals surface area (Å²) in [5, 5.41) is 27.9. The Morgan fingerprint density at radius 3 is 2.47 bits per heavy atom. The molecule has 0 atom stereocenters. The van der Waals surface area contributed by atoms with Crippen LogP contribution in [0.2, 0.25) is 5.02 Å². The van der Waals surface area contributed by atoms with Gasteiger partial charge in [-0.3, -0.25) is 25.7 Å². The highest BCUT2D eigenvalue weighted by Crippen LogP contribution is 2.29. The van der Waals surface area contributed by atoms with E-state index < -0.39 is 15.5 Å². The first kappa shape index (κ1) is 21.0. The molecular formula is C22H16ClN5O4. The van der Waals surface area contributed by atoms with Crippen LogP contribution in [0.3, 0.4) is 0 Å². The van der Waals surface area contributed by atoms with Gasteiger partial charge in [-0.05, 0) is 29.8 Å². The molecule has 0 spiro atoms. The molecule has 9 nitrogen and oxygen atoms in total. The number of halogens is 1. The van der Waals surface area contributed by atoms with Crippen LogP contribution < -0.4 is 5.43 Å². The van der Waals surface area contributed by atoms with Gasteiger partial charge < -0.3 is 4.57 Å². The van der Waals surface area contributed by atoms with E-state index in [4.69, 9.17) is 11.6 Å². The molecule has 0 amide bonds. The van der Waals surface area contributed by atoms with E-state index in [-0.39, 0.29) is 11.4 Å². The van der Waals surface area contributed by atoms with Gasteiger partial charge in [-0.2, -0.15) is 5.10 Å². The number of non-ortho nitro benzene ring substituents is 1. The van der Waals surface area contributed by atoms with Crippen molar-refractivity contribution in [2.24, 2.45) is 5.10 Å². The Hall–Kier alpha value is -4.24. The van der Waals surface area contributed by atoms with Gasteiger partial charge in [-0.25, -0.2) is 0 Å². The monoisotopic (exact) mass is 449 g/mol. The summed E-state index contributed by atoms with van der Waals surface area (Å²) in [4.78, 5) is 20.8. The molecule has 0 aliphatic rings. The van der Waals surface area contributed by atoms with Crippen molar-refractivity contribution in [3.8, 4) is 0 Å². The number of para-hydroxylation sites is 1. The van der Waals surface area contributed by atoms with Gasteiger partial charge in [-0.15, -0.1) is 0 Å². The zero-order chi connectivity index (χ0) is 22.7. The van der Waals surface area contributed by atoms with Crippen LogP contribution in [0.5, 0.6) is 0 Å². The first-order chi connectivity index (χ1) is 15.4. The van der Waals surface area contributed by atoms with E-state index >= 15 is 0 Å². The third kappa shape index (κ3) is 4.42. The lowest BCUT2D eigenvalue weighted by molar-refractivity contribution is -0.393. The number of nitro groups is 2. The van der Waals surface area contributed by atoms with E-state index in [1.807, 2.05) is 54.7 Å². The first-order valence-electron chi connectivity index (χ1n) is 9.46. The highest BCUT2D eigenvalue weighted by atomic mass is 35.5. The van der Waals surface area contributed by atoms with E-state index in [0.29, 0.717) is 11.6 Å². The van der Waals surface area contributed by atoms with Crippen molar-refractivity contribution in [3.05, 3.63) is 109 Å². The summed E-state index contributed by atoms with van der Waals surface area (Å²) >= 11 is 5.97. The zero-order valence-corrected chi connectivity index (χ0v) is 17.3. The summed E-state index contributed by atoms with van der Waals surface area (Å²) in [6.07, 6.45) is 3.50. The van der Waals surface area contributed by atoms with Crippen molar-refractivity contribution < 1.29 is 9.85 Å². The van der Waals surface area contributed by atoms with Gasteiger partial charge in [0.1, 0.15) is 5.69 Å². The molecule has 0 fully saturated rings. The maximum atomic E-state index is 11.3. The Balaban J connectivity index is 1.62. The molecule has 0 saturated carbocycles. The number of rotatable bonds is 7. The summed E-state index contributed by atoms with van der Waals surface area (Å²) in [6, 6.07) is 18.8. The molecule has 0 unspecified atom stereocenters. The number of fused-ring (bicyclic) bond motifs is 1. The highest BCUT2D eigenvalue weighted by Gasteiger charge is 2.19. The molecule has 1 heterocycles. The minimum atomic E-state index is -0.692. The number of hydrazone groups is 1. The summed E-state index contributed by atoms with van der Waals surface area (Å²) in [5.74, 6) is 0. The average molecular weight is 450 g/mol.